The summed E-state index contributed by atoms with van der Waals surface area (Å²) in [5.74, 6) is 0.372. The molecular weight excluding hydrogens is 344 g/mol. The highest BCUT2D eigenvalue weighted by Gasteiger charge is 2.19. The van der Waals surface area contributed by atoms with Crippen LogP contribution in [0.4, 0.5) is 5.69 Å². The largest absolute Gasteiger partial charge is 0.342 e. The Kier molecular flexibility index (Phi) is 5.99. The molecule has 0 radical (unpaired) electrons. The molecule has 1 heterocycles. The van der Waals surface area contributed by atoms with Crippen LogP contribution < -0.4 is 5.32 Å². The molecule has 5 heteroatoms. The first kappa shape index (κ1) is 18.5. The van der Waals surface area contributed by atoms with Crippen LogP contribution in [0.1, 0.15) is 34.3 Å². The Balaban J connectivity index is 1.69. The lowest BCUT2D eigenvalue weighted by molar-refractivity contribution is -0.127. The third-order valence-corrected chi connectivity index (χ3v) is 5.48. The maximum atomic E-state index is 12.7. The van der Waals surface area contributed by atoms with Crippen LogP contribution in [0, 0.1) is 13.8 Å². The molecule has 136 valence electrons. The molecule has 0 aliphatic carbocycles. The number of benzene rings is 2. The lowest BCUT2D eigenvalue weighted by Crippen LogP contribution is -2.29. The zero-order valence-electron chi connectivity index (χ0n) is 15.2. The smallest absolute Gasteiger partial charge is 0.256 e. The van der Waals surface area contributed by atoms with E-state index < -0.39 is 0 Å². The quantitative estimate of drug-likeness (QED) is 0.802. The molecule has 1 N–H and O–H groups in total. The number of carbonyl (C=O) groups is 2. The molecule has 0 saturated carbocycles. The Labute approximate surface area is 159 Å². The van der Waals surface area contributed by atoms with Gasteiger partial charge < -0.3 is 10.2 Å². The summed E-state index contributed by atoms with van der Waals surface area (Å²) < 4.78 is 0. The third kappa shape index (κ3) is 4.67. The van der Waals surface area contributed by atoms with Crippen molar-refractivity contribution in [2.24, 2.45) is 0 Å². The fourth-order valence-electron chi connectivity index (χ4n) is 3.22. The fraction of sp³-hybridized carbons (Fsp3) is 0.333. The van der Waals surface area contributed by atoms with E-state index in [9.17, 15) is 9.59 Å². The van der Waals surface area contributed by atoms with E-state index in [-0.39, 0.29) is 11.8 Å². The summed E-state index contributed by atoms with van der Waals surface area (Å²) in [5.41, 5.74) is 3.62. The van der Waals surface area contributed by atoms with Crippen molar-refractivity contribution in [3.63, 3.8) is 0 Å². The van der Waals surface area contributed by atoms with Gasteiger partial charge in [-0.05, 0) is 62.1 Å². The van der Waals surface area contributed by atoms with Crippen molar-refractivity contribution in [3.05, 3.63) is 59.2 Å². The van der Waals surface area contributed by atoms with Crippen LogP contribution in [0.15, 0.2) is 47.4 Å². The van der Waals surface area contributed by atoms with Crippen LogP contribution in [-0.4, -0.2) is 35.6 Å². The number of hydrogen-bond donors (Lipinski definition) is 1. The second kappa shape index (κ2) is 8.41. The van der Waals surface area contributed by atoms with E-state index in [0.717, 1.165) is 47.6 Å². The van der Waals surface area contributed by atoms with Gasteiger partial charge in [-0.3, -0.25) is 9.59 Å². The molecular formula is C21H24N2O2S. The second-order valence-corrected chi connectivity index (χ2v) is 7.72. The van der Waals surface area contributed by atoms with Gasteiger partial charge in [0.05, 0.1) is 11.3 Å². The summed E-state index contributed by atoms with van der Waals surface area (Å²) in [4.78, 5) is 27.8. The average Bonchev–Trinajstić information content (AvgIpc) is 3.13. The van der Waals surface area contributed by atoms with Crippen LogP contribution in [0.5, 0.6) is 0 Å². The van der Waals surface area contributed by atoms with E-state index >= 15 is 0 Å². The van der Waals surface area contributed by atoms with Crippen molar-refractivity contribution in [1.82, 2.24) is 4.90 Å². The first-order valence-corrected chi connectivity index (χ1v) is 9.91. The molecule has 0 spiro atoms. The van der Waals surface area contributed by atoms with E-state index in [0.29, 0.717) is 11.3 Å². The number of nitrogens with zero attached hydrogens (tertiary/aromatic N) is 1. The number of anilines is 1. The Hall–Kier alpha value is -2.27. The van der Waals surface area contributed by atoms with Gasteiger partial charge in [0, 0.05) is 23.7 Å². The number of amides is 2. The highest BCUT2D eigenvalue weighted by atomic mass is 32.2. The summed E-state index contributed by atoms with van der Waals surface area (Å²) in [7, 11) is 0. The van der Waals surface area contributed by atoms with E-state index in [1.807, 2.05) is 49.1 Å². The Bertz CT molecular complexity index is 793. The molecule has 0 unspecified atom stereocenters. The third-order valence-electron chi connectivity index (χ3n) is 4.42. The molecule has 0 atom stereocenters. The number of thioether (sulfide) groups is 1. The molecule has 2 aromatic rings. The van der Waals surface area contributed by atoms with E-state index in [1.165, 1.54) is 11.8 Å². The highest BCUT2D eigenvalue weighted by molar-refractivity contribution is 8.00. The number of nitrogens with one attached hydrogen (secondary N) is 1. The monoisotopic (exact) mass is 368 g/mol. The molecule has 1 aliphatic rings. The molecule has 26 heavy (non-hydrogen) atoms. The van der Waals surface area contributed by atoms with Crippen molar-refractivity contribution in [2.75, 3.05) is 24.2 Å². The molecule has 4 nitrogen and oxygen atoms in total. The fourth-order valence-corrected chi connectivity index (χ4v) is 4.18. The van der Waals surface area contributed by atoms with Crippen molar-refractivity contribution < 1.29 is 9.59 Å². The van der Waals surface area contributed by atoms with Crippen molar-refractivity contribution in [3.8, 4) is 0 Å². The van der Waals surface area contributed by atoms with Crippen LogP contribution >= 0.6 is 11.8 Å². The summed E-state index contributed by atoms with van der Waals surface area (Å²) in [5, 5.41) is 2.98. The maximum Gasteiger partial charge on any atom is 0.256 e. The van der Waals surface area contributed by atoms with E-state index in [1.54, 1.807) is 6.07 Å². The normalized spacial score (nSPS) is 13.7. The minimum absolute atomic E-state index is 0.147. The Morgan fingerprint density at radius 3 is 2.38 bits per heavy atom. The predicted octanol–water partition coefficient (Wildman–Crippen LogP) is 4.27. The van der Waals surface area contributed by atoms with Gasteiger partial charge in [0.15, 0.2) is 0 Å². The van der Waals surface area contributed by atoms with Crippen LogP contribution in [0.2, 0.25) is 0 Å². The van der Waals surface area contributed by atoms with Crippen molar-refractivity contribution in [1.29, 1.82) is 0 Å². The summed E-state index contributed by atoms with van der Waals surface area (Å²) in [6.45, 7) is 5.73. The Morgan fingerprint density at radius 2 is 1.69 bits per heavy atom. The van der Waals surface area contributed by atoms with Crippen molar-refractivity contribution >= 4 is 29.3 Å². The SMILES string of the molecule is Cc1cc(C)cc(NC(=O)c2ccccc2SCC(=O)N2CCCC2)c1. The van der Waals surface area contributed by atoms with Crippen LogP contribution in [-0.2, 0) is 4.79 Å². The van der Waals surface area contributed by atoms with E-state index in [4.69, 9.17) is 0 Å². The predicted molar refractivity (Wildman–Crippen MR) is 107 cm³/mol. The molecule has 0 bridgehead atoms. The number of hydrogen-bond acceptors (Lipinski definition) is 3. The standard InChI is InChI=1S/C21H24N2O2S/c1-15-11-16(2)13-17(12-15)22-21(25)18-7-3-4-8-19(18)26-14-20(24)23-9-5-6-10-23/h3-4,7-8,11-13H,5-6,9-10,14H2,1-2H3,(H,22,25). The average molecular weight is 369 g/mol. The van der Waals surface area contributed by atoms with Gasteiger partial charge >= 0.3 is 0 Å². The summed E-state index contributed by atoms with van der Waals surface area (Å²) in [6.07, 6.45) is 2.18. The summed E-state index contributed by atoms with van der Waals surface area (Å²) in [6, 6.07) is 13.4. The van der Waals surface area contributed by atoms with Gasteiger partial charge in [-0.2, -0.15) is 0 Å². The molecule has 3 rings (SSSR count). The highest BCUT2D eigenvalue weighted by Crippen LogP contribution is 2.25. The van der Waals surface area contributed by atoms with Gasteiger partial charge in [0.2, 0.25) is 5.91 Å². The maximum absolute atomic E-state index is 12.7. The molecule has 2 aromatic carbocycles. The lowest BCUT2D eigenvalue weighted by atomic mass is 10.1. The Morgan fingerprint density at radius 1 is 1.04 bits per heavy atom. The van der Waals surface area contributed by atoms with Gasteiger partial charge in [0.1, 0.15) is 0 Å². The molecule has 1 fully saturated rings. The first-order valence-electron chi connectivity index (χ1n) is 8.92. The molecule has 1 saturated heterocycles. The minimum atomic E-state index is -0.147. The molecule has 1 aliphatic heterocycles. The van der Waals surface area contributed by atoms with Gasteiger partial charge in [-0.25, -0.2) is 0 Å². The first-order chi connectivity index (χ1) is 12.5. The van der Waals surface area contributed by atoms with Gasteiger partial charge in [-0.15, -0.1) is 11.8 Å². The van der Waals surface area contributed by atoms with Gasteiger partial charge in [-0.1, -0.05) is 18.2 Å². The van der Waals surface area contributed by atoms with Crippen molar-refractivity contribution in [2.45, 2.75) is 31.6 Å². The second-order valence-electron chi connectivity index (χ2n) is 6.70. The van der Waals surface area contributed by atoms with Gasteiger partial charge in [0.25, 0.3) is 5.91 Å². The number of aryl methyl sites for hydroxylation is 2. The number of rotatable bonds is 5. The van der Waals surface area contributed by atoms with Crippen LogP contribution in [0.25, 0.3) is 0 Å². The zero-order chi connectivity index (χ0) is 18.5. The number of carbonyl (C=O) groups excluding carboxylic acids is 2. The minimum Gasteiger partial charge on any atom is -0.342 e. The molecule has 2 amide bonds. The zero-order valence-corrected chi connectivity index (χ0v) is 16.1. The van der Waals surface area contributed by atoms with Crippen LogP contribution in [0.3, 0.4) is 0 Å². The lowest BCUT2D eigenvalue weighted by Gasteiger charge is -2.15. The topological polar surface area (TPSA) is 49.4 Å². The molecule has 0 aromatic heterocycles. The summed E-state index contributed by atoms with van der Waals surface area (Å²) >= 11 is 1.44. The number of likely N-dealkylation sites (tertiary alicyclic amines) is 1. The van der Waals surface area contributed by atoms with E-state index in [2.05, 4.69) is 11.4 Å².